The maximum absolute atomic E-state index is 12.6. The smallest absolute Gasteiger partial charge is 0.256 e. The zero-order valence-corrected chi connectivity index (χ0v) is 13.6. The molecule has 7 heteroatoms. The van der Waals surface area contributed by atoms with E-state index in [-0.39, 0.29) is 5.91 Å². The van der Waals surface area contributed by atoms with Crippen molar-refractivity contribution in [2.24, 2.45) is 0 Å². The van der Waals surface area contributed by atoms with Crippen LogP contribution >= 0.6 is 0 Å². The Morgan fingerprint density at radius 3 is 2.96 bits per heavy atom. The number of imidazole rings is 1. The van der Waals surface area contributed by atoms with E-state index in [1.165, 1.54) is 0 Å². The topological polar surface area (TPSA) is 78.8 Å². The van der Waals surface area contributed by atoms with Gasteiger partial charge in [0.1, 0.15) is 5.82 Å². The van der Waals surface area contributed by atoms with Crippen molar-refractivity contribution in [1.82, 2.24) is 24.6 Å². The van der Waals surface area contributed by atoms with Gasteiger partial charge in [-0.05, 0) is 51.2 Å². The summed E-state index contributed by atoms with van der Waals surface area (Å²) < 4.78 is 1.94. The first-order chi connectivity index (χ1) is 11.7. The van der Waals surface area contributed by atoms with Crippen LogP contribution in [0.3, 0.4) is 0 Å². The first-order valence-electron chi connectivity index (χ1n) is 8.17. The minimum absolute atomic E-state index is 0.138. The van der Waals surface area contributed by atoms with E-state index >= 15 is 0 Å². The van der Waals surface area contributed by atoms with Crippen LogP contribution in [-0.2, 0) is 0 Å². The standard InChI is InChI=1S/C17H20N6O/c1-22-8-5-13(6-9-22)23-16(4-7-20-23)21-17(24)12-2-3-14-15(10-12)19-11-18-14/h2-4,7,10-11,13H,5-6,8-9H2,1H3,(H,18,19)(H,21,24). The van der Waals surface area contributed by atoms with Crippen LogP contribution in [0.5, 0.6) is 0 Å². The fourth-order valence-corrected chi connectivity index (χ4v) is 3.21. The monoisotopic (exact) mass is 324 g/mol. The molecule has 4 rings (SSSR count). The summed E-state index contributed by atoms with van der Waals surface area (Å²) in [5.74, 6) is 0.612. The number of nitrogens with one attached hydrogen (secondary N) is 2. The SMILES string of the molecule is CN1CCC(n2nccc2NC(=O)c2ccc3nc[nH]c3c2)CC1. The number of likely N-dealkylation sites (tertiary alicyclic amines) is 1. The lowest BCUT2D eigenvalue weighted by Crippen LogP contribution is -2.32. The van der Waals surface area contributed by atoms with Gasteiger partial charge in [-0.15, -0.1) is 0 Å². The number of carbonyl (C=O) groups excluding carboxylic acids is 1. The molecular formula is C17H20N6O. The highest BCUT2D eigenvalue weighted by Gasteiger charge is 2.21. The van der Waals surface area contributed by atoms with E-state index in [2.05, 4.69) is 32.3 Å². The number of nitrogens with zero attached hydrogens (tertiary/aromatic N) is 4. The molecule has 1 aliphatic rings. The van der Waals surface area contributed by atoms with Gasteiger partial charge in [-0.2, -0.15) is 5.10 Å². The van der Waals surface area contributed by atoms with Gasteiger partial charge in [-0.1, -0.05) is 0 Å². The Morgan fingerprint density at radius 1 is 1.29 bits per heavy atom. The van der Waals surface area contributed by atoms with Gasteiger partial charge in [0.05, 0.1) is 29.6 Å². The van der Waals surface area contributed by atoms with Crippen molar-refractivity contribution >= 4 is 22.8 Å². The van der Waals surface area contributed by atoms with Gasteiger partial charge in [-0.25, -0.2) is 9.67 Å². The van der Waals surface area contributed by atoms with Crippen molar-refractivity contribution < 1.29 is 4.79 Å². The number of fused-ring (bicyclic) bond motifs is 1. The summed E-state index contributed by atoms with van der Waals surface area (Å²) in [5, 5.41) is 7.41. The van der Waals surface area contributed by atoms with E-state index in [1.54, 1.807) is 18.6 Å². The molecule has 0 aliphatic carbocycles. The van der Waals surface area contributed by atoms with Gasteiger partial charge in [0.25, 0.3) is 5.91 Å². The molecule has 24 heavy (non-hydrogen) atoms. The molecule has 1 saturated heterocycles. The molecule has 1 aliphatic heterocycles. The molecule has 1 aromatic carbocycles. The third kappa shape index (κ3) is 2.78. The summed E-state index contributed by atoms with van der Waals surface area (Å²) in [6.07, 6.45) is 5.45. The van der Waals surface area contributed by atoms with Gasteiger partial charge in [0.15, 0.2) is 0 Å². The Bertz CT molecular complexity index is 859. The van der Waals surface area contributed by atoms with Crippen LogP contribution in [0.25, 0.3) is 11.0 Å². The minimum Gasteiger partial charge on any atom is -0.345 e. The Balaban J connectivity index is 1.53. The molecule has 2 aromatic heterocycles. The third-order valence-electron chi connectivity index (χ3n) is 4.63. The molecule has 0 saturated carbocycles. The van der Waals surface area contributed by atoms with Crippen LogP contribution < -0.4 is 5.32 Å². The number of benzene rings is 1. The summed E-state index contributed by atoms with van der Waals surface area (Å²) in [7, 11) is 2.13. The zero-order chi connectivity index (χ0) is 16.5. The second-order valence-corrected chi connectivity index (χ2v) is 6.28. The van der Waals surface area contributed by atoms with Crippen LogP contribution in [0.4, 0.5) is 5.82 Å². The van der Waals surface area contributed by atoms with Crippen LogP contribution in [0.2, 0.25) is 0 Å². The first-order valence-corrected chi connectivity index (χ1v) is 8.17. The van der Waals surface area contributed by atoms with Crippen molar-refractivity contribution in [2.75, 3.05) is 25.5 Å². The predicted octanol–water partition coefficient (Wildman–Crippen LogP) is 2.28. The van der Waals surface area contributed by atoms with Crippen molar-refractivity contribution in [3.05, 3.63) is 42.4 Å². The number of anilines is 1. The first kappa shape index (κ1) is 14.9. The van der Waals surface area contributed by atoms with Crippen LogP contribution in [-0.4, -0.2) is 50.7 Å². The van der Waals surface area contributed by atoms with Crippen molar-refractivity contribution in [2.45, 2.75) is 18.9 Å². The molecule has 0 unspecified atom stereocenters. The number of aromatic amines is 1. The van der Waals surface area contributed by atoms with E-state index in [1.807, 2.05) is 22.9 Å². The number of aromatic nitrogens is 4. The lowest BCUT2D eigenvalue weighted by Gasteiger charge is -2.30. The maximum atomic E-state index is 12.6. The Labute approximate surface area is 139 Å². The number of piperidine rings is 1. The number of H-pyrrole nitrogens is 1. The highest BCUT2D eigenvalue weighted by atomic mass is 16.1. The predicted molar refractivity (Wildman–Crippen MR) is 92.0 cm³/mol. The van der Waals surface area contributed by atoms with Crippen LogP contribution in [0, 0.1) is 0 Å². The second-order valence-electron chi connectivity index (χ2n) is 6.28. The minimum atomic E-state index is -0.138. The van der Waals surface area contributed by atoms with Gasteiger partial charge < -0.3 is 15.2 Å². The van der Waals surface area contributed by atoms with Crippen molar-refractivity contribution in [3.8, 4) is 0 Å². The van der Waals surface area contributed by atoms with Gasteiger partial charge in [0.2, 0.25) is 0 Å². The molecule has 0 atom stereocenters. The van der Waals surface area contributed by atoms with Crippen LogP contribution in [0.15, 0.2) is 36.8 Å². The molecule has 3 aromatic rings. The van der Waals surface area contributed by atoms with Crippen molar-refractivity contribution in [1.29, 1.82) is 0 Å². The third-order valence-corrected chi connectivity index (χ3v) is 4.63. The summed E-state index contributed by atoms with van der Waals surface area (Å²) in [6, 6.07) is 7.63. The Kier molecular flexibility index (Phi) is 3.78. The maximum Gasteiger partial charge on any atom is 0.256 e. The fraction of sp³-hybridized carbons (Fsp3) is 0.353. The fourth-order valence-electron chi connectivity index (χ4n) is 3.21. The lowest BCUT2D eigenvalue weighted by molar-refractivity contribution is 0.102. The van der Waals surface area contributed by atoms with E-state index in [0.717, 1.165) is 42.8 Å². The van der Waals surface area contributed by atoms with Crippen LogP contribution in [0.1, 0.15) is 29.2 Å². The van der Waals surface area contributed by atoms with Gasteiger partial charge in [-0.3, -0.25) is 4.79 Å². The second kappa shape index (κ2) is 6.09. The number of amides is 1. The summed E-state index contributed by atoms with van der Waals surface area (Å²) in [6.45, 7) is 2.10. The number of hydrogen-bond acceptors (Lipinski definition) is 4. The van der Waals surface area contributed by atoms with E-state index in [9.17, 15) is 4.79 Å². The van der Waals surface area contributed by atoms with Gasteiger partial charge in [0, 0.05) is 11.6 Å². The molecule has 0 spiro atoms. The molecule has 3 heterocycles. The zero-order valence-electron chi connectivity index (χ0n) is 13.6. The largest absolute Gasteiger partial charge is 0.345 e. The molecule has 124 valence electrons. The summed E-state index contributed by atoms with van der Waals surface area (Å²) in [5.41, 5.74) is 2.30. The summed E-state index contributed by atoms with van der Waals surface area (Å²) >= 11 is 0. The Hall–Kier alpha value is -2.67. The molecule has 7 nitrogen and oxygen atoms in total. The number of carbonyl (C=O) groups is 1. The van der Waals surface area contributed by atoms with Crippen molar-refractivity contribution in [3.63, 3.8) is 0 Å². The van der Waals surface area contributed by atoms with E-state index < -0.39 is 0 Å². The lowest BCUT2D eigenvalue weighted by atomic mass is 10.1. The summed E-state index contributed by atoms with van der Waals surface area (Å²) in [4.78, 5) is 22.1. The molecule has 1 fully saturated rings. The molecular weight excluding hydrogens is 304 g/mol. The molecule has 2 N–H and O–H groups in total. The normalized spacial score (nSPS) is 16.5. The Morgan fingerprint density at radius 2 is 2.12 bits per heavy atom. The quantitative estimate of drug-likeness (QED) is 0.775. The highest BCUT2D eigenvalue weighted by molar-refractivity contribution is 6.05. The van der Waals surface area contributed by atoms with Gasteiger partial charge >= 0.3 is 0 Å². The molecule has 0 bridgehead atoms. The number of hydrogen-bond donors (Lipinski definition) is 2. The van der Waals surface area contributed by atoms with E-state index in [0.29, 0.717) is 11.6 Å². The molecule has 1 amide bonds. The van der Waals surface area contributed by atoms with E-state index in [4.69, 9.17) is 0 Å². The molecule has 0 radical (unpaired) electrons. The average Bonchev–Trinajstić information content (AvgIpc) is 3.24. The highest BCUT2D eigenvalue weighted by Crippen LogP contribution is 2.25. The average molecular weight is 324 g/mol. The number of rotatable bonds is 3.